The molecule has 120 valence electrons. The van der Waals surface area contributed by atoms with Gasteiger partial charge in [-0.15, -0.1) is 0 Å². The third kappa shape index (κ3) is 6.13. The number of anilines is 1. The van der Waals surface area contributed by atoms with Crippen LogP contribution in [0, 0.1) is 6.92 Å². The minimum atomic E-state index is -3.51. The summed E-state index contributed by atoms with van der Waals surface area (Å²) in [5, 5.41) is 6.41. The van der Waals surface area contributed by atoms with E-state index in [1.165, 1.54) is 6.07 Å². The van der Waals surface area contributed by atoms with Crippen LogP contribution >= 0.6 is 0 Å². The Bertz CT molecular complexity index is 568. The highest BCUT2D eigenvalue weighted by molar-refractivity contribution is 7.92. The van der Waals surface area contributed by atoms with E-state index in [1.54, 1.807) is 6.92 Å². The van der Waals surface area contributed by atoms with Crippen LogP contribution in [0.2, 0.25) is 0 Å². The summed E-state index contributed by atoms with van der Waals surface area (Å²) in [6.07, 6.45) is 1.13. The first-order valence-electron chi connectivity index (χ1n) is 6.52. The smallest absolute Gasteiger partial charge is 0.233 e. The molecule has 1 aromatic rings. The first kappa shape index (κ1) is 17.4. The van der Waals surface area contributed by atoms with Crippen LogP contribution in [0.25, 0.3) is 0 Å². The van der Waals surface area contributed by atoms with Gasteiger partial charge in [-0.05, 0) is 21.0 Å². The minimum absolute atomic E-state index is 0.0264. The van der Waals surface area contributed by atoms with Gasteiger partial charge in [0.2, 0.25) is 15.9 Å². The Hall–Kier alpha value is -1.61. The molecule has 0 radical (unpaired) electrons. The van der Waals surface area contributed by atoms with E-state index in [9.17, 15) is 13.2 Å². The van der Waals surface area contributed by atoms with E-state index in [4.69, 9.17) is 4.52 Å². The number of nitrogens with one attached hydrogen (secondary N) is 1. The van der Waals surface area contributed by atoms with Crippen LogP contribution in [0.3, 0.4) is 0 Å². The third-order valence-electron chi connectivity index (χ3n) is 2.69. The minimum Gasteiger partial charge on any atom is -0.360 e. The maximum absolute atomic E-state index is 11.8. The van der Waals surface area contributed by atoms with Gasteiger partial charge in [-0.1, -0.05) is 5.16 Å². The number of hydrogen-bond acceptors (Lipinski definition) is 6. The molecule has 8 nitrogen and oxygen atoms in total. The second-order valence-electron chi connectivity index (χ2n) is 5.03. The highest BCUT2D eigenvalue weighted by Gasteiger charge is 2.21. The monoisotopic (exact) mass is 318 g/mol. The van der Waals surface area contributed by atoms with E-state index in [1.807, 2.05) is 19.0 Å². The fraction of sp³-hybridized carbons (Fsp3) is 0.667. The first-order chi connectivity index (χ1) is 9.70. The zero-order valence-corrected chi connectivity index (χ0v) is 13.6. The lowest BCUT2D eigenvalue weighted by atomic mass is 10.4. The molecule has 1 N–H and O–H groups in total. The molecule has 21 heavy (non-hydrogen) atoms. The SMILES string of the molecule is Cc1cc(N(CCC(=O)NCCN(C)C)S(C)(=O)=O)no1. The highest BCUT2D eigenvalue weighted by atomic mass is 32.2. The van der Waals surface area contributed by atoms with Crippen molar-refractivity contribution in [2.45, 2.75) is 13.3 Å². The van der Waals surface area contributed by atoms with Crippen molar-refractivity contribution in [2.75, 3.05) is 44.3 Å². The van der Waals surface area contributed by atoms with Crippen molar-refractivity contribution in [3.8, 4) is 0 Å². The topological polar surface area (TPSA) is 95.8 Å². The summed E-state index contributed by atoms with van der Waals surface area (Å²) in [5.74, 6) is 0.496. The van der Waals surface area contributed by atoms with Gasteiger partial charge in [-0.2, -0.15) is 0 Å². The van der Waals surface area contributed by atoms with Crippen LogP contribution in [0.5, 0.6) is 0 Å². The fourth-order valence-electron chi connectivity index (χ4n) is 1.63. The molecular formula is C12H22N4O4S. The van der Waals surface area contributed by atoms with Gasteiger partial charge in [0, 0.05) is 32.1 Å². The fourth-order valence-corrected chi connectivity index (χ4v) is 2.48. The Morgan fingerprint density at radius 2 is 2.05 bits per heavy atom. The summed E-state index contributed by atoms with van der Waals surface area (Å²) >= 11 is 0. The predicted octanol–water partition coefficient (Wildman–Crippen LogP) is -0.183. The number of carbonyl (C=O) groups is 1. The molecule has 0 spiro atoms. The molecule has 0 aliphatic heterocycles. The number of amides is 1. The van der Waals surface area contributed by atoms with Gasteiger partial charge in [-0.25, -0.2) is 8.42 Å². The van der Waals surface area contributed by atoms with Crippen LogP contribution < -0.4 is 9.62 Å². The molecule has 0 aliphatic carbocycles. The Kier molecular flexibility index (Phi) is 6.16. The number of sulfonamides is 1. The van der Waals surface area contributed by atoms with Crippen LogP contribution in [0.15, 0.2) is 10.6 Å². The molecular weight excluding hydrogens is 296 g/mol. The number of hydrogen-bond donors (Lipinski definition) is 1. The van der Waals surface area contributed by atoms with E-state index in [0.717, 1.165) is 17.1 Å². The van der Waals surface area contributed by atoms with E-state index < -0.39 is 10.0 Å². The number of aryl methyl sites for hydroxylation is 1. The van der Waals surface area contributed by atoms with Gasteiger partial charge < -0.3 is 14.7 Å². The predicted molar refractivity (Wildman–Crippen MR) is 79.6 cm³/mol. The van der Waals surface area contributed by atoms with Crippen LogP contribution in [0.1, 0.15) is 12.2 Å². The van der Waals surface area contributed by atoms with Crippen molar-refractivity contribution >= 4 is 21.7 Å². The summed E-state index contributed by atoms with van der Waals surface area (Å²) in [7, 11) is 0.303. The van der Waals surface area contributed by atoms with Crippen LogP contribution in [0.4, 0.5) is 5.82 Å². The lowest BCUT2D eigenvalue weighted by Crippen LogP contribution is -2.36. The molecule has 0 saturated heterocycles. The molecule has 0 unspecified atom stereocenters. The number of aromatic nitrogens is 1. The molecule has 9 heteroatoms. The lowest BCUT2D eigenvalue weighted by molar-refractivity contribution is -0.120. The van der Waals surface area contributed by atoms with Crippen molar-refractivity contribution in [1.29, 1.82) is 0 Å². The van der Waals surface area contributed by atoms with Gasteiger partial charge >= 0.3 is 0 Å². The molecule has 1 amide bonds. The van der Waals surface area contributed by atoms with Crippen LogP contribution in [-0.4, -0.2) is 64.4 Å². The van der Waals surface area contributed by atoms with E-state index >= 15 is 0 Å². The van der Waals surface area contributed by atoms with Crippen LogP contribution in [-0.2, 0) is 14.8 Å². The maximum atomic E-state index is 11.8. The Morgan fingerprint density at radius 3 is 2.52 bits per heavy atom. The Balaban J connectivity index is 2.57. The molecule has 1 aromatic heterocycles. The van der Waals surface area contributed by atoms with Gasteiger partial charge in [0.05, 0.1) is 6.26 Å². The third-order valence-corrected chi connectivity index (χ3v) is 3.86. The molecule has 0 aliphatic rings. The Labute approximate surface area is 125 Å². The summed E-state index contributed by atoms with van der Waals surface area (Å²) < 4.78 is 29.5. The molecule has 1 heterocycles. The van der Waals surface area contributed by atoms with Gasteiger partial charge in [0.15, 0.2) is 5.82 Å². The molecule has 0 bridgehead atoms. The van der Waals surface area contributed by atoms with Gasteiger partial charge in [0.25, 0.3) is 0 Å². The Morgan fingerprint density at radius 1 is 1.38 bits per heavy atom. The largest absolute Gasteiger partial charge is 0.360 e. The van der Waals surface area contributed by atoms with E-state index in [-0.39, 0.29) is 24.7 Å². The molecule has 1 rings (SSSR count). The number of carbonyl (C=O) groups excluding carboxylic acids is 1. The van der Waals surface area contributed by atoms with Crippen molar-refractivity contribution in [3.63, 3.8) is 0 Å². The maximum Gasteiger partial charge on any atom is 0.233 e. The van der Waals surface area contributed by atoms with Crippen molar-refractivity contribution in [3.05, 3.63) is 11.8 Å². The number of nitrogens with zero attached hydrogens (tertiary/aromatic N) is 3. The number of likely N-dealkylation sites (N-methyl/N-ethyl adjacent to an activating group) is 1. The molecule has 0 aromatic carbocycles. The van der Waals surface area contributed by atoms with Gasteiger partial charge in [-0.3, -0.25) is 9.10 Å². The molecule has 0 atom stereocenters. The second kappa shape index (κ2) is 7.41. The standard InChI is InChI=1S/C12H22N4O4S/c1-10-9-11(14-20-10)16(21(4,18)19)7-5-12(17)13-6-8-15(2)3/h9H,5-8H2,1-4H3,(H,13,17). The molecule has 0 saturated carbocycles. The normalized spacial score (nSPS) is 11.7. The van der Waals surface area contributed by atoms with E-state index in [2.05, 4.69) is 10.5 Å². The number of rotatable bonds is 8. The van der Waals surface area contributed by atoms with Crippen molar-refractivity contribution < 1.29 is 17.7 Å². The summed E-state index contributed by atoms with van der Waals surface area (Å²) in [6, 6.07) is 1.52. The average molecular weight is 318 g/mol. The van der Waals surface area contributed by atoms with Crippen molar-refractivity contribution in [1.82, 2.24) is 15.4 Å². The first-order valence-corrected chi connectivity index (χ1v) is 8.37. The second-order valence-corrected chi connectivity index (χ2v) is 6.94. The highest BCUT2D eigenvalue weighted by Crippen LogP contribution is 2.17. The zero-order chi connectivity index (χ0) is 16.0. The van der Waals surface area contributed by atoms with Crippen molar-refractivity contribution in [2.24, 2.45) is 0 Å². The van der Waals surface area contributed by atoms with Gasteiger partial charge in [0.1, 0.15) is 5.76 Å². The quantitative estimate of drug-likeness (QED) is 0.714. The summed E-state index contributed by atoms with van der Waals surface area (Å²) in [5.41, 5.74) is 0. The van der Waals surface area contributed by atoms with E-state index in [0.29, 0.717) is 12.3 Å². The lowest BCUT2D eigenvalue weighted by Gasteiger charge is -2.18. The summed E-state index contributed by atoms with van der Waals surface area (Å²) in [6.45, 7) is 2.95. The zero-order valence-electron chi connectivity index (χ0n) is 12.8. The average Bonchev–Trinajstić information content (AvgIpc) is 2.73. The molecule has 0 fully saturated rings. The summed E-state index contributed by atoms with van der Waals surface area (Å²) in [4.78, 5) is 13.6.